The van der Waals surface area contributed by atoms with Crippen LogP contribution in [0.3, 0.4) is 0 Å². The Bertz CT molecular complexity index is 542. The summed E-state index contributed by atoms with van der Waals surface area (Å²) in [5.41, 5.74) is -2.04. The lowest BCUT2D eigenvalue weighted by molar-refractivity contribution is -0.137. The second-order valence-corrected chi connectivity index (χ2v) is 4.15. The molecule has 110 valence electrons. The molecule has 1 aliphatic heterocycles. The zero-order valence-corrected chi connectivity index (χ0v) is 9.60. The third-order valence-corrected chi connectivity index (χ3v) is 2.72. The van der Waals surface area contributed by atoms with Gasteiger partial charge in [-0.1, -0.05) is 6.07 Å². The van der Waals surface area contributed by atoms with E-state index in [9.17, 15) is 31.1 Å². The number of carbonyl (C=O) groups is 1. The first kappa shape index (κ1) is 14.5. The Morgan fingerprint density at radius 3 is 2.50 bits per heavy atom. The molecule has 1 aromatic rings. The summed E-state index contributed by atoms with van der Waals surface area (Å²) in [5.74, 6) is -5.11. The molecule has 0 saturated carbocycles. The predicted octanol–water partition coefficient (Wildman–Crippen LogP) is 3.26. The van der Waals surface area contributed by atoms with Crippen molar-refractivity contribution in [3.63, 3.8) is 0 Å². The van der Waals surface area contributed by atoms with Crippen LogP contribution < -0.4 is 5.32 Å². The number of alkyl halides is 5. The molecule has 2 rings (SSSR count). The molecule has 1 aliphatic rings. The third kappa shape index (κ3) is 2.66. The molecule has 0 bridgehead atoms. The van der Waals surface area contributed by atoms with E-state index in [1.807, 2.05) is 0 Å². The maximum absolute atomic E-state index is 13.6. The second-order valence-electron chi connectivity index (χ2n) is 4.15. The largest absolute Gasteiger partial charge is 0.443 e. The molecule has 3 nitrogen and oxygen atoms in total. The number of carbonyl (C=O) groups excluding carboxylic acids is 1. The van der Waals surface area contributed by atoms with E-state index in [2.05, 4.69) is 4.74 Å². The Morgan fingerprint density at radius 2 is 1.95 bits per heavy atom. The molecule has 0 aliphatic carbocycles. The summed E-state index contributed by atoms with van der Waals surface area (Å²) in [5, 5.41) is 1.69. The fraction of sp³-hybridized carbons (Fsp3) is 0.364. The number of alkyl carbamates (subject to hydrolysis) is 1. The van der Waals surface area contributed by atoms with E-state index in [1.54, 1.807) is 5.32 Å². The maximum Gasteiger partial charge on any atom is 0.416 e. The van der Waals surface area contributed by atoms with Gasteiger partial charge in [0.2, 0.25) is 0 Å². The van der Waals surface area contributed by atoms with Crippen molar-refractivity contribution in [3.05, 3.63) is 35.1 Å². The first-order valence-electron chi connectivity index (χ1n) is 5.29. The highest BCUT2D eigenvalue weighted by atomic mass is 19.4. The van der Waals surface area contributed by atoms with E-state index in [0.717, 1.165) is 0 Å². The number of amides is 1. The summed E-state index contributed by atoms with van der Waals surface area (Å²) in [7, 11) is 0. The van der Waals surface area contributed by atoms with Crippen molar-refractivity contribution >= 4 is 6.09 Å². The molecule has 1 N–H and O–H groups in total. The summed E-state index contributed by atoms with van der Waals surface area (Å²) in [4.78, 5) is 10.9. The molecule has 0 radical (unpaired) electrons. The SMILES string of the molecule is O=C1N[C@H](c2ccc(C(F)(F)F)cc2F)C(F)(F)CO1. The van der Waals surface area contributed by atoms with E-state index in [1.165, 1.54) is 0 Å². The van der Waals surface area contributed by atoms with Gasteiger partial charge in [0.15, 0.2) is 6.61 Å². The predicted molar refractivity (Wildman–Crippen MR) is 53.6 cm³/mol. The molecule has 9 heteroatoms. The Kier molecular flexibility index (Phi) is 3.31. The highest BCUT2D eigenvalue weighted by Crippen LogP contribution is 2.37. The van der Waals surface area contributed by atoms with Gasteiger partial charge in [0, 0.05) is 5.56 Å². The van der Waals surface area contributed by atoms with Gasteiger partial charge in [-0.15, -0.1) is 0 Å². The summed E-state index contributed by atoms with van der Waals surface area (Å²) >= 11 is 0. The van der Waals surface area contributed by atoms with Crippen LogP contribution in [0.1, 0.15) is 17.2 Å². The number of ether oxygens (including phenoxy) is 1. The first-order valence-corrected chi connectivity index (χ1v) is 5.29. The van der Waals surface area contributed by atoms with E-state index in [0.29, 0.717) is 12.1 Å². The number of hydrogen-bond donors (Lipinski definition) is 1. The van der Waals surface area contributed by atoms with Crippen molar-refractivity contribution in [2.75, 3.05) is 6.61 Å². The Labute approximate surface area is 108 Å². The van der Waals surface area contributed by atoms with Crippen LogP contribution in [0.2, 0.25) is 0 Å². The second kappa shape index (κ2) is 4.57. The van der Waals surface area contributed by atoms with E-state index < -0.39 is 47.8 Å². The zero-order valence-electron chi connectivity index (χ0n) is 9.60. The molecule has 1 amide bonds. The number of hydrogen-bond acceptors (Lipinski definition) is 2. The van der Waals surface area contributed by atoms with Crippen LogP contribution in [0.15, 0.2) is 18.2 Å². The summed E-state index contributed by atoms with van der Waals surface area (Å²) in [6.07, 6.45) is -5.99. The molecule has 1 fully saturated rings. The van der Waals surface area contributed by atoms with Crippen molar-refractivity contribution < 1.29 is 35.9 Å². The highest BCUT2D eigenvalue weighted by molar-refractivity contribution is 5.69. The lowest BCUT2D eigenvalue weighted by Gasteiger charge is -2.32. The average molecular weight is 299 g/mol. The molecule has 0 unspecified atom stereocenters. The van der Waals surface area contributed by atoms with Crippen LogP contribution >= 0.6 is 0 Å². The molecule has 1 aromatic carbocycles. The van der Waals surface area contributed by atoms with Gasteiger partial charge in [-0.2, -0.15) is 13.2 Å². The van der Waals surface area contributed by atoms with Crippen LogP contribution in [0.5, 0.6) is 0 Å². The number of halogens is 6. The summed E-state index contributed by atoms with van der Waals surface area (Å²) in [6.45, 7) is -1.27. The van der Waals surface area contributed by atoms with E-state index in [-0.39, 0.29) is 6.07 Å². The molecule has 1 heterocycles. The quantitative estimate of drug-likeness (QED) is 0.808. The minimum atomic E-state index is -4.79. The van der Waals surface area contributed by atoms with E-state index in [4.69, 9.17) is 0 Å². The van der Waals surface area contributed by atoms with Gasteiger partial charge in [0.1, 0.15) is 11.9 Å². The van der Waals surface area contributed by atoms with Crippen molar-refractivity contribution in [2.45, 2.75) is 18.1 Å². The number of cyclic esters (lactones) is 1. The Balaban J connectivity index is 2.40. The van der Waals surface area contributed by atoms with Crippen LogP contribution in [0.4, 0.5) is 31.1 Å². The molecule has 1 atom stereocenters. The van der Waals surface area contributed by atoms with Crippen LogP contribution in [-0.4, -0.2) is 18.6 Å². The van der Waals surface area contributed by atoms with Gasteiger partial charge >= 0.3 is 18.2 Å². The number of rotatable bonds is 1. The van der Waals surface area contributed by atoms with Gasteiger partial charge in [0.05, 0.1) is 5.56 Å². The summed E-state index contributed by atoms with van der Waals surface area (Å²) < 4.78 is 81.8. The minimum absolute atomic E-state index is 0.104. The first-order chi connectivity index (χ1) is 9.11. The van der Waals surface area contributed by atoms with E-state index >= 15 is 0 Å². The number of nitrogens with one attached hydrogen (secondary N) is 1. The lowest BCUT2D eigenvalue weighted by Crippen LogP contribution is -2.49. The highest BCUT2D eigenvalue weighted by Gasteiger charge is 2.48. The molecule has 1 saturated heterocycles. The third-order valence-electron chi connectivity index (χ3n) is 2.72. The van der Waals surface area contributed by atoms with Crippen molar-refractivity contribution in [3.8, 4) is 0 Å². The smallest absolute Gasteiger partial charge is 0.416 e. The molecule has 20 heavy (non-hydrogen) atoms. The van der Waals surface area contributed by atoms with Crippen molar-refractivity contribution in [1.82, 2.24) is 5.32 Å². The molecule has 0 aromatic heterocycles. The lowest BCUT2D eigenvalue weighted by atomic mass is 9.98. The minimum Gasteiger partial charge on any atom is -0.443 e. The zero-order chi connectivity index (χ0) is 15.1. The molecular weight excluding hydrogens is 292 g/mol. The summed E-state index contributed by atoms with van der Waals surface area (Å²) in [6, 6.07) is -0.933. The molecular formula is C11H7F6NO2. The normalized spacial score (nSPS) is 22.1. The van der Waals surface area contributed by atoms with Gasteiger partial charge in [0.25, 0.3) is 0 Å². The Morgan fingerprint density at radius 1 is 1.30 bits per heavy atom. The van der Waals surface area contributed by atoms with Crippen LogP contribution in [-0.2, 0) is 10.9 Å². The average Bonchev–Trinajstić information content (AvgIpc) is 2.31. The fourth-order valence-electron chi connectivity index (χ4n) is 1.75. The van der Waals surface area contributed by atoms with Gasteiger partial charge < -0.3 is 10.1 Å². The monoisotopic (exact) mass is 299 g/mol. The maximum atomic E-state index is 13.6. The van der Waals surface area contributed by atoms with Gasteiger partial charge in [-0.3, -0.25) is 0 Å². The van der Waals surface area contributed by atoms with Gasteiger partial charge in [-0.05, 0) is 12.1 Å². The Hall–Kier alpha value is -1.93. The van der Waals surface area contributed by atoms with Crippen molar-refractivity contribution in [2.24, 2.45) is 0 Å². The van der Waals surface area contributed by atoms with Crippen LogP contribution in [0.25, 0.3) is 0 Å². The van der Waals surface area contributed by atoms with Gasteiger partial charge in [-0.25, -0.2) is 18.0 Å². The molecule has 0 spiro atoms. The fourth-order valence-corrected chi connectivity index (χ4v) is 1.75. The van der Waals surface area contributed by atoms with Crippen molar-refractivity contribution in [1.29, 1.82) is 0 Å². The van der Waals surface area contributed by atoms with Crippen LogP contribution in [0, 0.1) is 5.82 Å². The topological polar surface area (TPSA) is 38.3 Å². The number of benzene rings is 1. The standard InChI is InChI=1S/C11H7F6NO2/c12-7-3-5(11(15,16)17)1-2-6(7)8-10(13,14)4-20-9(19)18-8/h1-3,8H,4H2,(H,18,19)/t8-/m1/s1.